The zero-order chi connectivity index (χ0) is 26.9. The molecule has 0 spiro atoms. The summed E-state index contributed by atoms with van der Waals surface area (Å²) in [6.45, 7) is 0. The normalized spacial score (nSPS) is 12.1. The SMILES string of the molecule is c1ccc(-c2c3ccccc3cc3c2ccc2cccc(-c4ccc5c6c(cccc46)-c4ccccc4O5)c23)cc1. The number of para-hydroxylation sites is 1. The summed E-state index contributed by atoms with van der Waals surface area (Å²) in [6.07, 6.45) is 0. The molecule has 8 aromatic carbocycles. The molecule has 0 saturated carbocycles. The van der Waals surface area contributed by atoms with E-state index in [1.165, 1.54) is 70.9 Å². The summed E-state index contributed by atoms with van der Waals surface area (Å²) >= 11 is 0. The van der Waals surface area contributed by atoms with Crippen molar-refractivity contribution in [3.63, 3.8) is 0 Å². The van der Waals surface area contributed by atoms with Crippen molar-refractivity contribution in [1.82, 2.24) is 0 Å². The molecule has 0 aromatic heterocycles. The third-order valence-electron chi connectivity index (χ3n) is 8.64. The molecule has 0 atom stereocenters. The average molecular weight is 521 g/mol. The van der Waals surface area contributed by atoms with Gasteiger partial charge in [0, 0.05) is 10.9 Å². The number of rotatable bonds is 2. The molecule has 0 unspecified atom stereocenters. The van der Waals surface area contributed by atoms with E-state index in [4.69, 9.17) is 4.74 Å². The fourth-order valence-electron chi connectivity index (χ4n) is 6.88. The van der Waals surface area contributed by atoms with Gasteiger partial charge in [-0.2, -0.15) is 0 Å². The molecule has 1 aliphatic rings. The first kappa shape index (κ1) is 22.4. The van der Waals surface area contributed by atoms with Gasteiger partial charge in [-0.3, -0.25) is 0 Å². The van der Waals surface area contributed by atoms with Gasteiger partial charge in [0.15, 0.2) is 0 Å². The van der Waals surface area contributed by atoms with Gasteiger partial charge in [0.05, 0.1) is 0 Å². The van der Waals surface area contributed by atoms with Crippen LogP contribution in [-0.4, -0.2) is 0 Å². The molecule has 1 heteroatoms. The summed E-state index contributed by atoms with van der Waals surface area (Å²) in [4.78, 5) is 0. The summed E-state index contributed by atoms with van der Waals surface area (Å²) < 4.78 is 6.41. The molecule has 0 aliphatic carbocycles. The maximum absolute atomic E-state index is 6.41. The van der Waals surface area contributed by atoms with Crippen molar-refractivity contribution in [1.29, 1.82) is 0 Å². The zero-order valence-corrected chi connectivity index (χ0v) is 22.3. The summed E-state index contributed by atoms with van der Waals surface area (Å²) in [5, 5.41) is 9.99. The zero-order valence-electron chi connectivity index (χ0n) is 22.3. The van der Waals surface area contributed by atoms with Crippen molar-refractivity contribution in [2.45, 2.75) is 0 Å². The lowest BCUT2D eigenvalue weighted by Crippen LogP contribution is -1.97. The van der Waals surface area contributed by atoms with E-state index in [0.717, 1.165) is 17.1 Å². The summed E-state index contributed by atoms with van der Waals surface area (Å²) in [5.41, 5.74) is 7.36. The number of ether oxygens (including phenoxy) is 1. The second kappa shape index (κ2) is 8.55. The fraction of sp³-hybridized carbons (Fsp3) is 0. The maximum atomic E-state index is 6.41. The highest BCUT2D eigenvalue weighted by molar-refractivity contribution is 6.24. The molecule has 0 bridgehead atoms. The smallest absolute Gasteiger partial charge is 0.135 e. The van der Waals surface area contributed by atoms with Crippen molar-refractivity contribution in [3.8, 4) is 44.9 Å². The highest BCUT2D eigenvalue weighted by Gasteiger charge is 2.22. The van der Waals surface area contributed by atoms with Gasteiger partial charge >= 0.3 is 0 Å². The largest absolute Gasteiger partial charge is 0.456 e. The lowest BCUT2D eigenvalue weighted by molar-refractivity contribution is 0.487. The van der Waals surface area contributed by atoms with Gasteiger partial charge in [0.1, 0.15) is 11.5 Å². The summed E-state index contributed by atoms with van der Waals surface area (Å²) in [7, 11) is 0. The van der Waals surface area contributed by atoms with Crippen LogP contribution < -0.4 is 4.74 Å². The molecule has 41 heavy (non-hydrogen) atoms. The molecule has 1 aliphatic heterocycles. The van der Waals surface area contributed by atoms with E-state index in [1.807, 2.05) is 6.07 Å². The molecule has 190 valence electrons. The third kappa shape index (κ3) is 3.24. The minimum absolute atomic E-state index is 0.914. The van der Waals surface area contributed by atoms with Crippen LogP contribution in [0.25, 0.3) is 76.5 Å². The van der Waals surface area contributed by atoms with E-state index in [2.05, 4.69) is 140 Å². The Morgan fingerprint density at radius 3 is 1.98 bits per heavy atom. The molecule has 0 radical (unpaired) electrons. The number of benzene rings is 8. The topological polar surface area (TPSA) is 9.23 Å². The molecule has 0 amide bonds. The molecule has 9 rings (SSSR count). The first-order valence-electron chi connectivity index (χ1n) is 14.1. The van der Waals surface area contributed by atoms with Gasteiger partial charge in [-0.15, -0.1) is 0 Å². The Bertz CT molecular complexity index is 2330. The second-order valence-electron chi connectivity index (χ2n) is 10.8. The molecular weight excluding hydrogens is 496 g/mol. The van der Waals surface area contributed by atoms with E-state index in [-0.39, 0.29) is 0 Å². The van der Waals surface area contributed by atoms with Crippen molar-refractivity contribution < 1.29 is 4.74 Å². The first-order valence-corrected chi connectivity index (χ1v) is 14.1. The minimum atomic E-state index is 0.914. The number of hydrogen-bond donors (Lipinski definition) is 0. The predicted octanol–water partition coefficient (Wildman–Crippen LogP) is 11.4. The number of hydrogen-bond acceptors (Lipinski definition) is 1. The van der Waals surface area contributed by atoms with Gasteiger partial charge in [0.25, 0.3) is 0 Å². The van der Waals surface area contributed by atoms with E-state index in [0.29, 0.717) is 0 Å². The second-order valence-corrected chi connectivity index (χ2v) is 10.8. The van der Waals surface area contributed by atoms with Crippen LogP contribution in [0.1, 0.15) is 0 Å². The number of fused-ring (bicyclic) bond motifs is 6. The van der Waals surface area contributed by atoms with Crippen molar-refractivity contribution >= 4 is 43.1 Å². The van der Waals surface area contributed by atoms with Crippen LogP contribution in [0.5, 0.6) is 11.5 Å². The predicted molar refractivity (Wildman–Crippen MR) is 173 cm³/mol. The van der Waals surface area contributed by atoms with Gasteiger partial charge < -0.3 is 4.74 Å². The third-order valence-corrected chi connectivity index (χ3v) is 8.64. The summed E-state index contributed by atoms with van der Waals surface area (Å²) in [5.74, 6) is 1.83. The van der Waals surface area contributed by atoms with Crippen LogP contribution in [-0.2, 0) is 0 Å². The average Bonchev–Trinajstić information content (AvgIpc) is 3.04. The Morgan fingerprint density at radius 2 is 1.05 bits per heavy atom. The highest BCUT2D eigenvalue weighted by atomic mass is 16.5. The molecule has 1 nitrogen and oxygen atoms in total. The van der Waals surface area contributed by atoms with E-state index in [9.17, 15) is 0 Å². The highest BCUT2D eigenvalue weighted by Crippen LogP contribution is 2.50. The molecule has 0 saturated heterocycles. The van der Waals surface area contributed by atoms with Crippen LogP contribution in [0.4, 0.5) is 0 Å². The van der Waals surface area contributed by atoms with Gasteiger partial charge in [0.2, 0.25) is 0 Å². The van der Waals surface area contributed by atoms with Crippen LogP contribution in [0.3, 0.4) is 0 Å². The Kier molecular flexibility index (Phi) is 4.67. The van der Waals surface area contributed by atoms with Gasteiger partial charge in [-0.25, -0.2) is 0 Å². The molecule has 0 fully saturated rings. The first-order chi connectivity index (χ1) is 20.3. The maximum Gasteiger partial charge on any atom is 0.135 e. The van der Waals surface area contributed by atoms with E-state index >= 15 is 0 Å². The lowest BCUT2D eigenvalue weighted by atomic mass is 9.85. The Morgan fingerprint density at radius 1 is 0.341 bits per heavy atom. The lowest BCUT2D eigenvalue weighted by Gasteiger charge is -2.23. The van der Waals surface area contributed by atoms with Crippen LogP contribution in [0, 0.1) is 0 Å². The van der Waals surface area contributed by atoms with Gasteiger partial charge in [-0.05, 0) is 83.7 Å². The van der Waals surface area contributed by atoms with Crippen molar-refractivity contribution in [2.24, 2.45) is 0 Å². The van der Waals surface area contributed by atoms with E-state index < -0.39 is 0 Å². The quantitative estimate of drug-likeness (QED) is 0.163. The minimum Gasteiger partial charge on any atom is -0.456 e. The van der Waals surface area contributed by atoms with Crippen LogP contribution >= 0.6 is 0 Å². The Balaban J connectivity index is 1.41. The monoisotopic (exact) mass is 520 g/mol. The van der Waals surface area contributed by atoms with Crippen molar-refractivity contribution in [3.05, 3.63) is 146 Å². The van der Waals surface area contributed by atoms with Crippen LogP contribution in [0.2, 0.25) is 0 Å². The van der Waals surface area contributed by atoms with Crippen molar-refractivity contribution in [2.75, 3.05) is 0 Å². The van der Waals surface area contributed by atoms with Gasteiger partial charge in [-0.1, -0.05) is 127 Å². The van der Waals surface area contributed by atoms with E-state index in [1.54, 1.807) is 0 Å². The summed E-state index contributed by atoms with van der Waals surface area (Å²) in [6, 6.07) is 52.6. The molecule has 0 N–H and O–H groups in total. The Labute approximate surface area is 237 Å². The van der Waals surface area contributed by atoms with Crippen LogP contribution in [0.15, 0.2) is 146 Å². The Hall–Kier alpha value is -5.40. The molecule has 8 aromatic rings. The molecular formula is C40H24O. The molecule has 1 heterocycles. The standard InChI is InChI=1S/C40H24O/c1-2-10-25(11-3-1)38-28-14-5-4-12-27(28)24-35-34(38)21-20-26-13-8-16-31(39(26)35)29-22-23-37-40-32(29)17-9-18-33(40)30-15-6-7-19-36(30)41-37/h1-24H. The fourth-order valence-corrected chi connectivity index (χ4v) is 6.88.